The number of rotatable bonds is 6. The Labute approximate surface area is 167 Å². The van der Waals surface area contributed by atoms with Crippen LogP contribution in [0.5, 0.6) is 5.88 Å². The Kier molecular flexibility index (Phi) is 8.66. The van der Waals surface area contributed by atoms with Gasteiger partial charge in [0, 0.05) is 12.6 Å². The van der Waals surface area contributed by atoms with Crippen molar-refractivity contribution in [1.82, 2.24) is 9.78 Å². The minimum Gasteiger partial charge on any atom is -0.475 e. The Balaban J connectivity index is 0.000000516. The largest absolute Gasteiger partial charge is 0.490 e. The number of halogens is 4. The number of aliphatic carboxylic acids is 1. The van der Waals surface area contributed by atoms with Crippen LogP contribution in [-0.2, 0) is 24.4 Å². The van der Waals surface area contributed by atoms with Gasteiger partial charge in [0.05, 0.1) is 5.69 Å². The number of carbonyl (C=O) groups is 1. The number of alkyl halides is 3. The Morgan fingerprint density at radius 2 is 1.72 bits per heavy atom. The maximum atomic E-state index is 12.9. The van der Waals surface area contributed by atoms with Crippen LogP contribution in [0.3, 0.4) is 0 Å². The number of hydrogen-bond acceptors (Lipinski definition) is 3. The first kappa shape index (κ1) is 24.5. The molecule has 0 amide bonds. The van der Waals surface area contributed by atoms with Crippen LogP contribution < -0.4 is 4.74 Å². The second-order valence-electron chi connectivity index (χ2n) is 7.66. The summed E-state index contributed by atoms with van der Waals surface area (Å²) in [4.78, 5) is 8.90. The monoisotopic (exact) mass is 418 g/mol. The summed E-state index contributed by atoms with van der Waals surface area (Å²) < 4.78 is 52.5. The van der Waals surface area contributed by atoms with Crippen molar-refractivity contribution in [2.75, 3.05) is 0 Å². The van der Waals surface area contributed by atoms with E-state index in [0.717, 1.165) is 36.5 Å². The number of aromatic nitrogens is 2. The van der Waals surface area contributed by atoms with E-state index in [1.54, 1.807) is 12.1 Å². The highest BCUT2D eigenvalue weighted by Gasteiger charge is 2.38. The van der Waals surface area contributed by atoms with E-state index in [9.17, 15) is 17.6 Å². The molecule has 0 aliphatic carbocycles. The topological polar surface area (TPSA) is 64.4 Å². The minimum atomic E-state index is -5.08. The fourth-order valence-corrected chi connectivity index (χ4v) is 2.25. The molecule has 1 heterocycles. The van der Waals surface area contributed by atoms with E-state index in [-0.39, 0.29) is 11.2 Å². The second kappa shape index (κ2) is 10.3. The molecule has 0 saturated carbocycles. The summed E-state index contributed by atoms with van der Waals surface area (Å²) in [6.07, 6.45) is -3.08. The molecule has 0 fully saturated rings. The summed E-state index contributed by atoms with van der Waals surface area (Å²) in [6.45, 7) is 9.90. The quantitative estimate of drug-likeness (QED) is 0.652. The molecule has 2 rings (SSSR count). The van der Waals surface area contributed by atoms with Gasteiger partial charge < -0.3 is 9.84 Å². The summed E-state index contributed by atoms with van der Waals surface area (Å²) in [7, 11) is 0. The third-order valence-corrected chi connectivity index (χ3v) is 3.47. The summed E-state index contributed by atoms with van der Waals surface area (Å²) in [5, 5.41) is 11.8. The summed E-state index contributed by atoms with van der Waals surface area (Å²) in [5.74, 6) is -2.21. The smallest absolute Gasteiger partial charge is 0.475 e. The lowest BCUT2D eigenvalue weighted by molar-refractivity contribution is -0.192. The normalized spacial score (nSPS) is 11.6. The maximum Gasteiger partial charge on any atom is 0.490 e. The molecule has 5 nitrogen and oxygen atoms in total. The lowest BCUT2D eigenvalue weighted by Crippen LogP contribution is -2.21. The van der Waals surface area contributed by atoms with Crippen molar-refractivity contribution in [1.29, 1.82) is 0 Å². The highest BCUT2D eigenvalue weighted by atomic mass is 19.4. The Bertz CT molecular complexity index is 779. The number of ether oxygens (including phenoxy) is 1. The number of carboxylic acid groups (broad SMARTS) is 1. The van der Waals surface area contributed by atoms with E-state index in [0.29, 0.717) is 6.61 Å². The molecule has 2 aromatic rings. The van der Waals surface area contributed by atoms with Crippen molar-refractivity contribution >= 4 is 5.97 Å². The van der Waals surface area contributed by atoms with Crippen LogP contribution in [0, 0.1) is 11.2 Å². The highest BCUT2D eigenvalue weighted by molar-refractivity contribution is 5.73. The fourth-order valence-electron chi connectivity index (χ4n) is 2.25. The van der Waals surface area contributed by atoms with Crippen LogP contribution in [0.25, 0.3) is 0 Å². The van der Waals surface area contributed by atoms with Gasteiger partial charge in [-0.25, -0.2) is 13.9 Å². The molecule has 0 aliphatic heterocycles. The van der Waals surface area contributed by atoms with Crippen LogP contribution in [-0.4, -0.2) is 27.0 Å². The number of carboxylic acids is 1. The lowest BCUT2D eigenvalue weighted by atomic mass is 9.97. The van der Waals surface area contributed by atoms with Crippen LogP contribution in [0.15, 0.2) is 30.3 Å². The summed E-state index contributed by atoms with van der Waals surface area (Å²) >= 11 is 0. The van der Waals surface area contributed by atoms with Crippen molar-refractivity contribution in [2.24, 2.45) is 5.41 Å². The van der Waals surface area contributed by atoms with E-state index in [4.69, 9.17) is 14.6 Å². The third kappa shape index (κ3) is 9.45. The van der Waals surface area contributed by atoms with Crippen molar-refractivity contribution in [3.05, 3.63) is 47.4 Å². The Morgan fingerprint density at radius 3 is 2.17 bits per heavy atom. The van der Waals surface area contributed by atoms with Gasteiger partial charge in [0.2, 0.25) is 5.88 Å². The lowest BCUT2D eigenvalue weighted by Gasteiger charge is -2.19. The molecular formula is C20H26F4N2O3. The molecule has 1 aromatic carbocycles. The average molecular weight is 418 g/mol. The van der Waals surface area contributed by atoms with Gasteiger partial charge in [-0.05, 0) is 29.5 Å². The van der Waals surface area contributed by atoms with Gasteiger partial charge in [-0.2, -0.15) is 18.3 Å². The number of nitrogens with zero attached hydrogens (tertiary/aromatic N) is 2. The molecule has 0 aliphatic rings. The first-order chi connectivity index (χ1) is 13.3. The third-order valence-electron chi connectivity index (χ3n) is 3.47. The van der Waals surface area contributed by atoms with Gasteiger partial charge >= 0.3 is 12.1 Å². The molecule has 1 N–H and O–H groups in total. The molecule has 29 heavy (non-hydrogen) atoms. The van der Waals surface area contributed by atoms with Crippen LogP contribution in [0.4, 0.5) is 17.6 Å². The highest BCUT2D eigenvalue weighted by Crippen LogP contribution is 2.23. The minimum absolute atomic E-state index is 0.128. The predicted octanol–water partition coefficient (Wildman–Crippen LogP) is 5.23. The standard InChI is InChI=1S/C18H25FN2O.C2HF3O2/c1-5-6-16-11-17(21(20-16)13-18(2,3)4)22-12-14-7-9-15(19)10-8-14;3-2(4,5)1(6)7/h7-11H,5-6,12-13H2,1-4H3;(H,6,7). The predicted molar refractivity (Wildman–Crippen MR) is 100 cm³/mol. The number of hydrogen-bond donors (Lipinski definition) is 1. The van der Waals surface area contributed by atoms with Crippen LogP contribution in [0.2, 0.25) is 0 Å². The van der Waals surface area contributed by atoms with Gasteiger partial charge in [0.25, 0.3) is 0 Å². The van der Waals surface area contributed by atoms with Gasteiger partial charge in [-0.3, -0.25) is 0 Å². The van der Waals surface area contributed by atoms with Gasteiger partial charge in [0.1, 0.15) is 12.4 Å². The maximum absolute atomic E-state index is 12.9. The Morgan fingerprint density at radius 1 is 1.17 bits per heavy atom. The van der Waals surface area contributed by atoms with E-state index in [1.807, 2.05) is 10.7 Å². The average Bonchev–Trinajstić information content (AvgIpc) is 2.94. The number of aryl methyl sites for hydroxylation is 1. The van der Waals surface area contributed by atoms with Crippen molar-refractivity contribution < 1.29 is 32.2 Å². The first-order valence-corrected chi connectivity index (χ1v) is 9.06. The molecular weight excluding hydrogens is 392 g/mol. The van der Waals surface area contributed by atoms with E-state index in [1.165, 1.54) is 12.1 Å². The zero-order valence-electron chi connectivity index (χ0n) is 16.9. The molecule has 1 aromatic heterocycles. The molecule has 0 saturated heterocycles. The van der Waals surface area contributed by atoms with Gasteiger partial charge in [-0.1, -0.05) is 46.2 Å². The van der Waals surface area contributed by atoms with Crippen LogP contribution in [0.1, 0.15) is 45.4 Å². The fraction of sp³-hybridized carbons (Fsp3) is 0.500. The molecule has 0 radical (unpaired) electrons. The molecule has 0 unspecified atom stereocenters. The summed E-state index contributed by atoms with van der Waals surface area (Å²) in [5.41, 5.74) is 2.13. The zero-order chi connectivity index (χ0) is 22.2. The van der Waals surface area contributed by atoms with E-state index in [2.05, 4.69) is 32.8 Å². The van der Waals surface area contributed by atoms with Gasteiger partial charge in [-0.15, -0.1) is 0 Å². The molecule has 0 spiro atoms. The van der Waals surface area contributed by atoms with Crippen LogP contribution >= 0.6 is 0 Å². The molecule has 162 valence electrons. The zero-order valence-corrected chi connectivity index (χ0v) is 16.9. The van der Waals surface area contributed by atoms with Crippen molar-refractivity contribution in [3.63, 3.8) is 0 Å². The number of benzene rings is 1. The van der Waals surface area contributed by atoms with Crippen molar-refractivity contribution in [3.8, 4) is 5.88 Å². The SMILES string of the molecule is CCCc1cc(OCc2ccc(F)cc2)n(CC(C)(C)C)n1.O=C(O)C(F)(F)F. The first-order valence-electron chi connectivity index (χ1n) is 9.06. The molecule has 0 atom stereocenters. The molecule has 9 heteroatoms. The summed E-state index contributed by atoms with van der Waals surface area (Å²) in [6, 6.07) is 8.40. The van der Waals surface area contributed by atoms with Crippen molar-refractivity contribution in [2.45, 2.75) is 59.9 Å². The van der Waals surface area contributed by atoms with E-state index < -0.39 is 12.1 Å². The molecule has 0 bridgehead atoms. The van der Waals surface area contributed by atoms with Gasteiger partial charge in [0.15, 0.2) is 0 Å². The Hall–Kier alpha value is -2.58. The van der Waals surface area contributed by atoms with E-state index >= 15 is 0 Å². The second-order valence-corrected chi connectivity index (χ2v) is 7.66.